The molecule has 0 spiro atoms. The van der Waals surface area contributed by atoms with Crippen molar-refractivity contribution in [2.75, 3.05) is 19.6 Å². The van der Waals surface area contributed by atoms with Crippen molar-refractivity contribution in [3.8, 4) is 0 Å². The normalized spacial score (nSPS) is 14.4. The fourth-order valence-electron chi connectivity index (χ4n) is 5.27. The number of oxime groups is 1. The quantitative estimate of drug-likeness (QED) is 0.0726. The molecule has 0 fully saturated rings. The van der Waals surface area contributed by atoms with E-state index in [1.54, 1.807) is 12.1 Å². The number of sulfonamides is 1. The Bertz CT molecular complexity index is 1620. The number of aliphatic hydroxyl groups excluding tert-OH is 1. The number of carbonyl (C=O) groups excluding carboxylic acids is 2. The summed E-state index contributed by atoms with van der Waals surface area (Å²) in [5, 5.41) is 32.1. The fourth-order valence-corrected chi connectivity index (χ4v) is 6.89. The molecule has 4 atom stereocenters. The molecule has 5 N–H and O–H groups in total. The van der Waals surface area contributed by atoms with Gasteiger partial charge in [-0.1, -0.05) is 93.9 Å². The Morgan fingerprint density at radius 1 is 0.939 bits per heavy atom. The molecule has 1 unspecified atom stereocenters. The predicted octanol–water partition coefficient (Wildman–Crippen LogP) is 3.69. The number of benzene rings is 3. The molecule has 0 saturated heterocycles. The molecule has 3 rings (SSSR count). The fraction of sp³-hybridized carbons (Fsp3) is 0.417. The highest BCUT2D eigenvalue weighted by Crippen LogP contribution is 2.20. The zero-order valence-electron chi connectivity index (χ0n) is 28.4. The number of nitrogens with zero attached hydrogens (tertiary/aromatic N) is 2. The van der Waals surface area contributed by atoms with E-state index < -0.39 is 40.0 Å². The van der Waals surface area contributed by atoms with Crippen molar-refractivity contribution in [1.82, 2.24) is 20.3 Å². The van der Waals surface area contributed by atoms with E-state index in [0.717, 1.165) is 5.56 Å². The summed E-state index contributed by atoms with van der Waals surface area (Å²) in [6, 6.07) is 19.2. The average molecular weight is 698 g/mol. The first kappa shape index (κ1) is 39.3. The minimum atomic E-state index is -4.07. The van der Waals surface area contributed by atoms with Crippen molar-refractivity contribution in [2.24, 2.45) is 17.0 Å². The lowest BCUT2D eigenvalue weighted by atomic mass is 9.96. The zero-order chi connectivity index (χ0) is 36.0. The highest BCUT2D eigenvalue weighted by molar-refractivity contribution is 7.89. The number of hydrogen-bond acceptors (Lipinski definition) is 8. The van der Waals surface area contributed by atoms with E-state index in [1.807, 2.05) is 58.0 Å². The molecule has 0 bridgehead atoms. The Kier molecular flexibility index (Phi) is 15.3. The first-order valence-corrected chi connectivity index (χ1v) is 17.8. The summed E-state index contributed by atoms with van der Waals surface area (Å²) in [5.74, 6) is -1.66. The van der Waals surface area contributed by atoms with Crippen LogP contribution in [0, 0.1) is 17.7 Å². The van der Waals surface area contributed by atoms with Gasteiger partial charge in [0.1, 0.15) is 11.9 Å². The summed E-state index contributed by atoms with van der Waals surface area (Å²) >= 11 is 0. The molecule has 13 heteroatoms. The van der Waals surface area contributed by atoms with Crippen LogP contribution in [0.25, 0.3) is 0 Å². The molecule has 0 aliphatic carbocycles. The third-order valence-electron chi connectivity index (χ3n) is 8.09. The van der Waals surface area contributed by atoms with E-state index >= 15 is 0 Å². The molecule has 0 aliphatic rings. The number of carbonyl (C=O) groups is 2. The van der Waals surface area contributed by atoms with Gasteiger partial charge in [0.2, 0.25) is 21.8 Å². The predicted molar refractivity (Wildman–Crippen MR) is 187 cm³/mol. The van der Waals surface area contributed by atoms with Gasteiger partial charge in [0.25, 0.3) is 0 Å². The summed E-state index contributed by atoms with van der Waals surface area (Å²) in [7, 11) is -4.07. The molecule has 11 nitrogen and oxygen atoms in total. The number of aliphatic hydroxyl groups is 1. The van der Waals surface area contributed by atoms with Crippen molar-refractivity contribution in [2.45, 2.75) is 70.2 Å². The molecule has 3 aromatic rings. The highest BCUT2D eigenvalue weighted by Gasteiger charge is 2.34. The van der Waals surface area contributed by atoms with Crippen LogP contribution in [0.1, 0.15) is 50.8 Å². The maximum Gasteiger partial charge on any atom is 0.243 e. The molecule has 3 aromatic carbocycles. The summed E-state index contributed by atoms with van der Waals surface area (Å²) in [6.45, 7) is 7.42. The van der Waals surface area contributed by atoms with Gasteiger partial charge in [0.05, 0.1) is 29.8 Å². The molecule has 49 heavy (non-hydrogen) atoms. The highest BCUT2D eigenvalue weighted by atomic mass is 32.2. The van der Waals surface area contributed by atoms with Gasteiger partial charge in [-0.2, -0.15) is 4.31 Å². The molecule has 0 heterocycles. The van der Waals surface area contributed by atoms with E-state index in [2.05, 4.69) is 21.1 Å². The standard InChI is InChI=1S/C36H48FN5O6S/c1-5-26(4)35(41-34(44)22-38-20-29-12-9-13-30(37)18-29)36(45)40-32(19-27-10-7-6-8-11-27)33(43)24-42(23-25(2)3)49(47,48)31-16-14-28(15-17-31)21-39-46/h6-18,21,25-26,32-33,35,38,43,46H,5,19-20,22-24H2,1-4H3,(H,40,45)(H,41,44)/b39-21+/t26-,32-,33?,35+/m0/s1. The maximum absolute atomic E-state index is 13.8. The minimum Gasteiger partial charge on any atom is -0.411 e. The van der Waals surface area contributed by atoms with Gasteiger partial charge in [0, 0.05) is 19.6 Å². The molecule has 0 radical (unpaired) electrons. The summed E-state index contributed by atoms with van der Waals surface area (Å²) < 4.78 is 42.3. The summed E-state index contributed by atoms with van der Waals surface area (Å²) in [5.41, 5.74) is 1.99. The van der Waals surface area contributed by atoms with E-state index in [-0.39, 0.29) is 55.1 Å². The van der Waals surface area contributed by atoms with Crippen LogP contribution in [0.15, 0.2) is 88.9 Å². The largest absolute Gasteiger partial charge is 0.411 e. The number of nitrogens with one attached hydrogen (secondary N) is 3. The zero-order valence-corrected chi connectivity index (χ0v) is 29.2. The lowest BCUT2D eigenvalue weighted by Gasteiger charge is -2.32. The molecular formula is C36H48FN5O6S. The van der Waals surface area contributed by atoms with Gasteiger partial charge in [-0.3, -0.25) is 9.59 Å². The van der Waals surface area contributed by atoms with E-state index in [9.17, 15) is 27.5 Å². The Hall–Kier alpha value is -4.17. The third-order valence-corrected chi connectivity index (χ3v) is 9.94. The average Bonchev–Trinajstić information content (AvgIpc) is 3.07. The Morgan fingerprint density at radius 2 is 1.61 bits per heavy atom. The molecule has 2 amide bonds. The van der Waals surface area contributed by atoms with E-state index in [4.69, 9.17) is 5.21 Å². The van der Waals surface area contributed by atoms with Crippen molar-refractivity contribution in [3.05, 3.63) is 101 Å². The number of amides is 2. The number of rotatable bonds is 19. The third kappa shape index (κ3) is 12.3. The molecule has 0 saturated carbocycles. The van der Waals surface area contributed by atoms with Crippen LogP contribution in [-0.2, 0) is 32.6 Å². The van der Waals surface area contributed by atoms with E-state index in [1.165, 1.54) is 46.9 Å². The second kappa shape index (κ2) is 19.1. The lowest BCUT2D eigenvalue weighted by Crippen LogP contribution is -2.57. The first-order chi connectivity index (χ1) is 23.3. The maximum atomic E-state index is 13.8. The second-order valence-corrected chi connectivity index (χ2v) is 14.5. The molecule has 0 aliphatic heterocycles. The summed E-state index contributed by atoms with van der Waals surface area (Å²) in [6.07, 6.45) is 0.639. The van der Waals surface area contributed by atoms with Crippen LogP contribution < -0.4 is 16.0 Å². The van der Waals surface area contributed by atoms with Crippen molar-refractivity contribution in [1.29, 1.82) is 0 Å². The van der Waals surface area contributed by atoms with Crippen LogP contribution >= 0.6 is 0 Å². The lowest BCUT2D eigenvalue weighted by molar-refractivity contribution is -0.131. The summed E-state index contributed by atoms with van der Waals surface area (Å²) in [4.78, 5) is 26.8. The Morgan fingerprint density at radius 3 is 2.22 bits per heavy atom. The van der Waals surface area contributed by atoms with Gasteiger partial charge in [-0.05, 0) is 59.2 Å². The second-order valence-electron chi connectivity index (χ2n) is 12.6. The smallest absolute Gasteiger partial charge is 0.243 e. The van der Waals surface area contributed by atoms with Gasteiger partial charge in [-0.15, -0.1) is 0 Å². The Labute approximate surface area is 288 Å². The molecule has 266 valence electrons. The van der Waals surface area contributed by atoms with Gasteiger partial charge in [0.15, 0.2) is 0 Å². The van der Waals surface area contributed by atoms with Crippen molar-refractivity contribution in [3.63, 3.8) is 0 Å². The first-order valence-electron chi connectivity index (χ1n) is 16.4. The van der Waals surface area contributed by atoms with Crippen molar-refractivity contribution >= 4 is 28.1 Å². The van der Waals surface area contributed by atoms with Crippen LogP contribution in [0.3, 0.4) is 0 Å². The van der Waals surface area contributed by atoms with Gasteiger partial charge in [-0.25, -0.2) is 12.8 Å². The minimum absolute atomic E-state index is 0.00430. The Balaban J connectivity index is 1.81. The monoisotopic (exact) mass is 697 g/mol. The van der Waals surface area contributed by atoms with Gasteiger partial charge >= 0.3 is 0 Å². The molecular weight excluding hydrogens is 649 g/mol. The SMILES string of the molecule is CC[C@H](C)[C@@H](NC(=O)CNCc1cccc(F)c1)C(=O)N[C@@H](Cc1ccccc1)C(O)CN(CC(C)C)S(=O)(=O)c1ccc(/C=N/O)cc1. The topological polar surface area (TPSA) is 160 Å². The van der Waals surface area contributed by atoms with Crippen LogP contribution in [0.2, 0.25) is 0 Å². The number of halogens is 1. The van der Waals surface area contributed by atoms with Crippen LogP contribution in [0.5, 0.6) is 0 Å². The number of hydrogen-bond donors (Lipinski definition) is 5. The van der Waals surface area contributed by atoms with E-state index in [0.29, 0.717) is 17.5 Å². The van der Waals surface area contributed by atoms with Crippen LogP contribution in [0.4, 0.5) is 4.39 Å². The van der Waals surface area contributed by atoms with Gasteiger partial charge < -0.3 is 26.3 Å². The van der Waals surface area contributed by atoms with Crippen molar-refractivity contribution < 1.29 is 32.7 Å². The van der Waals surface area contributed by atoms with Crippen LogP contribution in [-0.4, -0.2) is 78.9 Å². The molecule has 0 aromatic heterocycles.